The highest BCUT2D eigenvalue weighted by Crippen LogP contribution is 2.17. The number of halogens is 2. The Morgan fingerprint density at radius 3 is 2.59 bits per heavy atom. The van der Waals surface area contributed by atoms with Gasteiger partial charge in [0.25, 0.3) is 0 Å². The van der Waals surface area contributed by atoms with Crippen molar-refractivity contribution >= 4 is 6.09 Å². The first-order valence-electron chi connectivity index (χ1n) is 7.22. The molecule has 1 unspecified atom stereocenters. The van der Waals surface area contributed by atoms with Gasteiger partial charge in [0.1, 0.15) is 17.2 Å². The molecule has 124 valence electrons. The summed E-state index contributed by atoms with van der Waals surface area (Å²) in [5.74, 6) is -0.933. The van der Waals surface area contributed by atoms with E-state index < -0.39 is 23.3 Å². The maximum atomic E-state index is 13.6. The molecule has 0 aromatic heterocycles. The van der Waals surface area contributed by atoms with Gasteiger partial charge >= 0.3 is 6.09 Å². The van der Waals surface area contributed by atoms with Crippen molar-refractivity contribution < 1.29 is 18.3 Å². The molecule has 0 radical (unpaired) electrons. The van der Waals surface area contributed by atoms with Crippen LogP contribution in [0.15, 0.2) is 18.2 Å². The summed E-state index contributed by atoms with van der Waals surface area (Å²) >= 11 is 0. The smallest absolute Gasteiger partial charge is 0.410 e. The second-order valence-corrected chi connectivity index (χ2v) is 6.24. The highest BCUT2D eigenvalue weighted by Gasteiger charge is 2.19. The number of carbonyl (C=O) groups is 1. The third-order valence-electron chi connectivity index (χ3n) is 3.03. The largest absolute Gasteiger partial charge is 0.444 e. The van der Waals surface area contributed by atoms with Gasteiger partial charge in [-0.1, -0.05) is 0 Å². The number of benzene rings is 1. The van der Waals surface area contributed by atoms with Crippen LogP contribution in [-0.2, 0) is 4.74 Å². The molecule has 1 rings (SSSR count). The first-order chi connectivity index (χ1) is 10.1. The van der Waals surface area contributed by atoms with Crippen molar-refractivity contribution in [2.45, 2.75) is 39.3 Å². The summed E-state index contributed by atoms with van der Waals surface area (Å²) < 4.78 is 32.0. The topological polar surface area (TPSA) is 41.6 Å². The fourth-order valence-corrected chi connectivity index (χ4v) is 1.84. The maximum Gasteiger partial charge on any atom is 0.410 e. The van der Waals surface area contributed by atoms with Gasteiger partial charge in [0.05, 0.1) is 0 Å². The summed E-state index contributed by atoms with van der Waals surface area (Å²) in [6.45, 7) is 7.97. The lowest BCUT2D eigenvalue weighted by atomic mass is 10.1. The maximum absolute atomic E-state index is 13.6. The van der Waals surface area contributed by atoms with Crippen LogP contribution in [-0.4, -0.2) is 36.7 Å². The summed E-state index contributed by atoms with van der Waals surface area (Å²) in [7, 11) is 1.63. The second-order valence-electron chi connectivity index (χ2n) is 6.24. The molecule has 1 aromatic rings. The lowest BCUT2D eigenvalue weighted by Crippen LogP contribution is -2.38. The number of hydrogen-bond donors (Lipinski definition) is 1. The Morgan fingerprint density at radius 2 is 2.00 bits per heavy atom. The SMILES string of the molecule is CC(NCCN(C)C(=O)OC(C)(C)C)c1cc(F)ccc1F. The number of nitrogens with zero attached hydrogens (tertiary/aromatic N) is 1. The van der Waals surface area contributed by atoms with Crippen molar-refractivity contribution in [3.8, 4) is 0 Å². The number of amides is 1. The van der Waals surface area contributed by atoms with E-state index in [1.165, 1.54) is 11.0 Å². The van der Waals surface area contributed by atoms with Crippen molar-refractivity contribution in [1.29, 1.82) is 0 Å². The van der Waals surface area contributed by atoms with E-state index in [1.807, 2.05) is 0 Å². The molecule has 0 aliphatic carbocycles. The third-order valence-corrected chi connectivity index (χ3v) is 3.03. The highest BCUT2D eigenvalue weighted by atomic mass is 19.1. The average Bonchev–Trinajstić information content (AvgIpc) is 2.39. The van der Waals surface area contributed by atoms with E-state index in [1.54, 1.807) is 34.7 Å². The predicted molar refractivity (Wildman–Crippen MR) is 81.6 cm³/mol. The van der Waals surface area contributed by atoms with Crippen LogP contribution in [0.5, 0.6) is 0 Å². The average molecular weight is 314 g/mol. The van der Waals surface area contributed by atoms with Gasteiger partial charge in [-0.25, -0.2) is 13.6 Å². The van der Waals surface area contributed by atoms with Crippen molar-refractivity contribution in [3.63, 3.8) is 0 Å². The zero-order chi connectivity index (χ0) is 16.9. The van der Waals surface area contributed by atoms with Crippen LogP contribution < -0.4 is 5.32 Å². The summed E-state index contributed by atoms with van der Waals surface area (Å²) in [5, 5.41) is 3.06. The molecule has 1 atom stereocenters. The number of likely N-dealkylation sites (N-methyl/N-ethyl adjacent to an activating group) is 1. The lowest BCUT2D eigenvalue weighted by molar-refractivity contribution is 0.0299. The first kappa shape index (κ1) is 18.4. The van der Waals surface area contributed by atoms with Crippen molar-refractivity contribution in [2.75, 3.05) is 20.1 Å². The number of hydrogen-bond acceptors (Lipinski definition) is 3. The molecular formula is C16H24F2N2O2. The Balaban J connectivity index is 2.46. The van der Waals surface area contributed by atoms with Crippen molar-refractivity contribution in [1.82, 2.24) is 10.2 Å². The standard InChI is InChI=1S/C16H24F2N2O2/c1-11(13-10-12(17)6-7-14(13)18)19-8-9-20(5)15(21)22-16(2,3)4/h6-7,10-11,19H,8-9H2,1-5H3. The van der Waals surface area contributed by atoms with E-state index in [-0.39, 0.29) is 11.6 Å². The molecule has 1 aromatic carbocycles. The van der Waals surface area contributed by atoms with E-state index in [4.69, 9.17) is 4.74 Å². The van der Waals surface area contributed by atoms with Gasteiger partial charge in [-0.2, -0.15) is 0 Å². The quantitative estimate of drug-likeness (QED) is 0.904. The Morgan fingerprint density at radius 1 is 1.36 bits per heavy atom. The minimum absolute atomic E-state index is 0.264. The van der Waals surface area contributed by atoms with E-state index in [0.29, 0.717) is 13.1 Å². The molecule has 6 heteroatoms. The van der Waals surface area contributed by atoms with Gasteiger partial charge < -0.3 is 15.0 Å². The molecule has 0 aliphatic heterocycles. The van der Waals surface area contributed by atoms with Gasteiger partial charge in [0.15, 0.2) is 0 Å². The summed E-state index contributed by atoms with van der Waals surface area (Å²) in [6.07, 6.45) is -0.418. The normalized spacial score (nSPS) is 12.9. The van der Waals surface area contributed by atoms with Gasteiger partial charge in [0, 0.05) is 31.7 Å². The zero-order valence-corrected chi connectivity index (χ0v) is 13.7. The number of nitrogens with one attached hydrogen (secondary N) is 1. The van der Waals surface area contributed by atoms with Crippen LogP contribution in [0, 0.1) is 11.6 Å². The van der Waals surface area contributed by atoms with E-state index >= 15 is 0 Å². The van der Waals surface area contributed by atoms with Crippen LogP contribution >= 0.6 is 0 Å². The van der Waals surface area contributed by atoms with Gasteiger partial charge in [-0.15, -0.1) is 0 Å². The molecule has 0 aliphatic rings. The molecular weight excluding hydrogens is 290 g/mol. The molecule has 22 heavy (non-hydrogen) atoms. The Kier molecular flexibility index (Phi) is 6.29. The molecule has 0 heterocycles. The number of ether oxygens (including phenoxy) is 1. The Bertz CT molecular complexity index is 515. The molecule has 0 fully saturated rings. The minimum atomic E-state index is -0.545. The zero-order valence-electron chi connectivity index (χ0n) is 13.7. The first-order valence-corrected chi connectivity index (χ1v) is 7.22. The molecule has 0 saturated carbocycles. The molecule has 1 N–H and O–H groups in total. The predicted octanol–water partition coefficient (Wildman–Crippen LogP) is 3.48. The molecule has 0 spiro atoms. The Labute approximate surface area is 130 Å². The highest BCUT2D eigenvalue weighted by molar-refractivity contribution is 5.67. The van der Waals surface area contributed by atoms with Gasteiger partial charge in [-0.3, -0.25) is 0 Å². The summed E-state index contributed by atoms with van der Waals surface area (Å²) in [4.78, 5) is 13.2. The molecule has 0 bridgehead atoms. The van der Waals surface area contributed by atoms with Gasteiger partial charge in [-0.05, 0) is 45.9 Å². The van der Waals surface area contributed by atoms with Crippen molar-refractivity contribution in [2.24, 2.45) is 0 Å². The van der Waals surface area contributed by atoms with Gasteiger partial charge in [0.2, 0.25) is 0 Å². The third kappa shape index (κ3) is 5.97. The van der Waals surface area contributed by atoms with E-state index in [2.05, 4.69) is 5.32 Å². The second kappa shape index (κ2) is 7.54. The summed E-state index contributed by atoms with van der Waals surface area (Å²) in [5.41, 5.74) is -0.281. The summed E-state index contributed by atoms with van der Waals surface area (Å²) in [6, 6.07) is 3.00. The molecule has 0 saturated heterocycles. The fourth-order valence-electron chi connectivity index (χ4n) is 1.84. The fraction of sp³-hybridized carbons (Fsp3) is 0.562. The molecule has 4 nitrogen and oxygen atoms in total. The van der Waals surface area contributed by atoms with Crippen molar-refractivity contribution in [3.05, 3.63) is 35.4 Å². The van der Waals surface area contributed by atoms with E-state index in [0.717, 1.165) is 12.1 Å². The Hall–Kier alpha value is -1.69. The minimum Gasteiger partial charge on any atom is -0.444 e. The monoisotopic (exact) mass is 314 g/mol. The number of rotatable bonds is 5. The molecule has 1 amide bonds. The van der Waals surface area contributed by atoms with E-state index in [9.17, 15) is 13.6 Å². The van der Waals surface area contributed by atoms with Crippen LogP contribution in [0.2, 0.25) is 0 Å². The van der Waals surface area contributed by atoms with Crippen LogP contribution in [0.3, 0.4) is 0 Å². The van der Waals surface area contributed by atoms with Crippen LogP contribution in [0.1, 0.15) is 39.3 Å². The number of carbonyl (C=O) groups excluding carboxylic acids is 1. The van der Waals surface area contributed by atoms with Crippen LogP contribution in [0.4, 0.5) is 13.6 Å². The lowest BCUT2D eigenvalue weighted by Gasteiger charge is -2.25. The van der Waals surface area contributed by atoms with Crippen LogP contribution in [0.25, 0.3) is 0 Å².